The molecule has 84 valence electrons. The highest BCUT2D eigenvalue weighted by atomic mass is 16.1. The van der Waals surface area contributed by atoms with E-state index in [9.17, 15) is 4.79 Å². The lowest BCUT2D eigenvalue weighted by molar-refractivity contribution is -0.121. The van der Waals surface area contributed by atoms with E-state index in [0.29, 0.717) is 19.0 Å². The largest absolute Gasteiger partial charge is 0.352 e. The zero-order chi connectivity index (χ0) is 11.0. The number of rotatable bonds is 7. The van der Waals surface area contributed by atoms with Crippen LogP contribution in [0.2, 0.25) is 0 Å². The fourth-order valence-electron chi connectivity index (χ4n) is 0.901. The molecule has 4 N–H and O–H groups in total. The first-order chi connectivity index (χ1) is 6.57. The van der Waals surface area contributed by atoms with E-state index in [1.54, 1.807) is 0 Å². The Morgan fingerprint density at radius 2 is 2.00 bits per heavy atom. The summed E-state index contributed by atoms with van der Waals surface area (Å²) < 4.78 is 0. The molecule has 0 aromatic heterocycles. The molecule has 0 saturated carbocycles. The van der Waals surface area contributed by atoms with Crippen LogP contribution >= 0.6 is 0 Å². The number of amides is 1. The Kier molecular flexibility index (Phi) is 7.42. The first-order valence-electron chi connectivity index (χ1n) is 5.28. The quantitative estimate of drug-likeness (QED) is 0.511. The van der Waals surface area contributed by atoms with Crippen molar-refractivity contribution in [1.29, 1.82) is 0 Å². The van der Waals surface area contributed by atoms with Crippen LogP contribution in [0.4, 0.5) is 0 Å². The first kappa shape index (κ1) is 13.4. The molecule has 0 saturated heterocycles. The molecule has 4 nitrogen and oxygen atoms in total. The lowest BCUT2D eigenvalue weighted by Crippen LogP contribution is -2.41. The van der Waals surface area contributed by atoms with Gasteiger partial charge in [-0.1, -0.05) is 13.8 Å². The average Bonchev–Trinajstić information content (AvgIpc) is 2.12. The summed E-state index contributed by atoms with van der Waals surface area (Å²) in [6.07, 6.45) is 0.910. The number of carbonyl (C=O) groups is 1. The Labute approximate surface area is 86.6 Å². The predicted octanol–water partition coefficient (Wildman–Crippen LogP) is 0.0855. The van der Waals surface area contributed by atoms with E-state index in [1.165, 1.54) is 0 Å². The summed E-state index contributed by atoms with van der Waals surface area (Å²) in [5, 5.41) is 5.96. The van der Waals surface area contributed by atoms with Crippen molar-refractivity contribution in [3.05, 3.63) is 0 Å². The molecular weight excluding hydrogens is 178 g/mol. The standard InChI is InChI=1S/C10H23N3O/c1-8(2)9(3)13-10(14)7-12-6-4-5-11/h8-9,12H,4-7,11H2,1-3H3,(H,13,14)/t9-/m1/s1. The van der Waals surface area contributed by atoms with Crippen molar-refractivity contribution in [3.63, 3.8) is 0 Å². The molecule has 0 aliphatic carbocycles. The van der Waals surface area contributed by atoms with Gasteiger partial charge in [0, 0.05) is 6.04 Å². The van der Waals surface area contributed by atoms with Crippen LogP contribution in [-0.2, 0) is 4.79 Å². The Bertz CT molecular complexity index is 159. The van der Waals surface area contributed by atoms with Crippen LogP contribution in [0.3, 0.4) is 0 Å². The molecule has 0 aromatic carbocycles. The molecular formula is C10H23N3O. The van der Waals surface area contributed by atoms with Gasteiger partial charge in [0.05, 0.1) is 6.54 Å². The van der Waals surface area contributed by atoms with Gasteiger partial charge in [0.2, 0.25) is 5.91 Å². The summed E-state index contributed by atoms with van der Waals surface area (Å²) >= 11 is 0. The van der Waals surface area contributed by atoms with Gasteiger partial charge in [-0.15, -0.1) is 0 Å². The molecule has 0 aromatic rings. The van der Waals surface area contributed by atoms with Gasteiger partial charge < -0.3 is 16.4 Å². The summed E-state index contributed by atoms with van der Waals surface area (Å²) in [6.45, 7) is 8.05. The third-order valence-corrected chi connectivity index (χ3v) is 2.23. The zero-order valence-corrected chi connectivity index (χ0v) is 9.47. The van der Waals surface area contributed by atoms with Crippen molar-refractivity contribution in [3.8, 4) is 0 Å². The van der Waals surface area contributed by atoms with E-state index in [2.05, 4.69) is 24.5 Å². The van der Waals surface area contributed by atoms with Gasteiger partial charge in [-0.2, -0.15) is 0 Å². The monoisotopic (exact) mass is 201 g/mol. The van der Waals surface area contributed by atoms with Crippen LogP contribution < -0.4 is 16.4 Å². The summed E-state index contributed by atoms with van der Waals surface area (Å²) in [6, 6.07) is 0.235. The van der Waals surface area contributed by atoms with Gasteiger partial charge >= 0.3 is 0 Å². The van der Waals surface area contributed by atoms with E-state index >= 15 is 0 Å². The number of carbonyl (C=O) groups excluding carboxylic acids is 1. The molecule has 0 aliphatic rings. The minimum atomic E-state index is 0.0585. The number of hydrogen-bond donors (Lipinski definition) is 3. The van der Waals surface area contributed by atoms with Gasteiger partial charge in [0.1, 0.15) is 0 Å². The lowest BCUT2D eigenvalue weighted by atomic mass is 10.1. The SMILES string of the molecule is CC(C)[C@@H](C)NC(=O)CNCCCN. The maximum atomic E-state index is 11.3. The molecule has 14 heavy (non-hydrogen) atoms. The average molecular weight is 201 g/mol. The Hall–Kier alpha value is -0.610. The summed E-state index contributed by atoms with van der Waals surface area (Å²) in [5.74, 6) is 0.534. The van der Waals surface area contributed by atoms with Gasteiger partial charge in [-0.3, -0.25) is 4.79 Å². The maximum Gasteiger partial charge on any atom is 0.234 e. The van der Waals surface area contributed by atoms with Gasteiger partial charge in [-0.25, -0.2) is 0 Å². The molecule has 0 rings (SSSR count). The third-order valence-electron chi connectivity index (χ3n) is 2.23. The molecule has 1 atom stereocenters. The van der Waals surface area contributed by atoms with Crippen molar-refractivity contribution >= 4 is 5.91 Å². The molecule has 4 heteroatoms. The smallest absolute Gasteiger partial charge is 0.234 e. The van der Waals surface area contributed by atoms with Crippen molar-refractivity contribution < 1.29 is 4.79 Å². The lowest BCUT2D eigenvalue weighted by Gasteiger charge is -2.17. The summed E-state index contributed by atoms with van der Waals surface area (Å²) in [7, 11) is 0. The highest BCUT2D eigenvalue weighted by Gasteiger charge is 2.09. The fourth-order valence-corrected chi connectivity index (χ4v) is 0.901. The fraction of sp³-hybridized carbons (Fsp3) is 0.900. The Morgan fingerprint density at radius 3 is 2.50 bits per heavy atom. The van der Waals surface area contributed by atoms with Gasteiger partial charge in [-0.05, 0) is 32.4 Å². The van der Waals surface area contributed by atoms with E-state index in [0.717, 1.165) is 13.0 Å². The van der Waals surface area contributed by atoms with Crippen LogP contribution in [0.25, 0.3) is 0 Å². The van der Waals surface area contributed by atoms with E-state index in [1.807, 2.05) is 6.92 Å². The molecule has 0 spiro atoms. The summed E-state index contributed by atoms with van der Waals surface area (Å²) in [5.41, 5.74) is 5.33. The third kappa shape index (κ3) is 6.86. The molecule has 0 fully saturated rings. The van der Waals surface area contributed by atoms with E-state index in [-0.39, 0.29) is 11.9 Å². The molecule has 0 heterocycles. The van der Waals surface area contributed by atoms with Crippen molar-refractivity contribution in [2.24, 2.45) is 11.7 Å². The second kappa shape index (κ2) is 7.76. The molecule has 0 bridgehead atoms. The van der Waals surface area contributed by atoms with Gasteiger partial charge in [0.25, 0.3) is 0 Å². The number of nitrogens with one attached hydrogen (secondary N) is 2. The number of hydrogen-bond acceptors (Lipinski definition) is 3. The van der Waals surface area contributed by atoms with Crippen molar-refractivity contribution in [1.82, 2.24) is 10.6 Å². The van der Waals surface area contributed by atoms with Crippen molar-refractivity contribution in [2.75, 3.05) is 19.6 Å². The molecule has 0 aliphatic heterocycles. The van der Waals surface area contributed by atoms with Crippen LogP contribution in [-0.4, -0.2) is 31.6 Å². The predicted molar refractivity (Wildman–Crippen MR) is 59.0 cm³/mol. The van der Waals surface area contributed by atoms with Gasteiger partial charge in [0.15, 0.2) is 0 Å². The van der Waals surface area contributed by atoms with Crippen LogP contribution in [0.15, 0.2) is 0 Å². The van der Waals surface area contributed by atoms with Crippen molar-refractivity contribution in [2.45, 2.75) is 33.2 Å². The number of nitrogens with two attached hydrogens (primary N) is 1. The van der Waals surface area contributed by atoms with Crippen LogP contribution in [0, 0.1) is 5.92 Å². The molecule has 0 unspecified atom stereocenters. The highest BCUT2D eigenvalue weighted by molar-refractivity contribution is 5.78. The van der Waals surface area contributed by atoms with E-state index < -0.39 is 0 Å². The summed E-state index contributed by atoms with van der Waals surface area (Å²) in [4.78, 5) is 11.3. The Balaban J connectivity index is 3.45. The van der Waals surface area contributed by atoms with Crippen LogP contribution in [0.5, 0.6) is 0 Å². The Morgan fingerprint density at radius 1 is 1.36 bits per heavy atom. The first-order valence-corrected chi connectivity index (χ1v) is 5.28. The second-order valence-electron chi connectivity index (χ2n) is 3.92. The minimum absolute atomic E-state index is 0.0585. The zero-order valence-electron chi connectivity index (χ0n) is 9.47. The van der Waals surface area contributed by atoms with Crippen LogP contribution in [0.1, 0.15) is 27.2 Å². The molecule has 0 radical (unpaired) electrons. The maximum absolute atomic E-state index is 11.3. The topological polar surface area (TPSA) is 67.2 Å². The van der Waals surface area contributed by atoms with E-state index in [4.69, 9.17) is 5.73 Å². The minimum Gasteiger partial charge on any atom is -0.352 e. The molecule has 1 amide bonds. The normalized spacial score (nSPS) is 12.9. The second-order valence-corrected chi connectivity index (χ2v) is 3.92. The highest BCUT2D eigenvalue weighted by Crippen LogP contribution is 1.98.